The van der Waals surface area contributed by atoms with E-state index in [9.17, 15) is 22.0 Å². The fourth-order valence-corrected chi connectivity index (χ4v) is 1.09. The average Bonchev–Trinajstić information content (AvgIpc) is 2.00. The van der Waals surface area contributed by atoms with Gasteiger partial charge in [-0.05, 0) is 18.6 Å². The van der Waals surface area contributed by atoms with E-state index in [0.29, 0.717) is 6.07 Å². The predicted octanol–water partition coefficient (Wildman–Crippen LogP) is 4.02. The lowest BCUT2D eigenvalue weighted by Crippen LogP contribution is -2.09. The van der Waals surface area contributed by atoms with Gasteiger partial charge in [0.15, 0.2) is 0 Å². The van der Waals surface area contributed by atoms with Crippen LogP contribution in [0.2, 0.25) is 0 Å². The molecule has 0 bridgehead atoms. The lowest BCUT2D eigenvalue weighted by Gasteiger charge is -2.10. The van der Waals surface area contributed by atoms with Crippen LogP contribution in [-0.2, 0) is 6.18 Å². The molecule has 0 atom stereocenters. The van der Waals surface area contributed by atoms with Gasteiger partial charge in [0.1, 0.15) is 11.6 Å². The van der Waals surface area contributed by atoms with Gasteiger partial charge in [0.2, 0.25) is 0 Å². The van der Waals surface area contributed by atoms with Crippen LogP contribution in [0.4, 0.5) is 22.0 Å². The van der Waals surface area contributed by atoms with Gasteiger partial charge in [0, 0.05) is 11.6 Å². The number of halogens is 5. The molecule has 0 fully saturated rings. The Morgan fingerprint density at radius 2 is 1.67 bits per heavy atom. The molecule has 5 heteroatoms. The predicted molar refractivity (Wildman–Crippen MR) is 46.1 cm³/mol. The second-order valence-corrected chi connectivity index (χ2v) is 3.09. The normalized spacial score (nSPS) is 11.6. The molecule has 1 aromatic rings. The summed E-state index contributed by atoms with van der Waals surface area (Å²) in [7, 11) is 0. The summed E-state index contributed by atoms with van der Waals surface area (Å²) < 4.78 is 62.5. The molecule has 15 heavy (non-hydrogen) atoms. The van der Waals surface area contributed by atoms with E-state index < -0.39 is 23.4 Å². The molecule has 0 saturated carbocycles. The van der Waals surface area contributed by atoms with E-state index in [2.05, 4.69) is 6.58 Å². The second-order valence-electron chi connectivity index (χ2n) is 3.09. The molecular weight excluding hydrogens is 215 g/mol. The van der Waals surface area contributed by atoms with E-state index >= 15 is 0 Å². The largest absolute Gasteiger partial charge is 0.419 e. The molecule has 0 amide bonds. The van der Waals surface area contributed by atoms with Crippen LogP contribution in [-0.4, -0.2) is 0 Å². The molecule has 0 heterocycles. The van der Waals surface area contributed by atoms with Gasteiger partial charge in [-0.25, -0.2) is 8.78 Å². The first-order chi connectivity index (χ1) is 6.73. The lowest BCUT2D eigenvalue weighted by atomic mass is 10.0. The van der Waals surface area contributed by atoms with E-state index in [1.165, 1.54) is 6.92 Å². The molecule has 0 nitrogen and oxygen atoms in total. The van der Waals surface area contributed by atoms with E-state index in [0.717, 1.165) is 0 Å². The molecule has 0 aliphatic rings. The van der Waals surface area contributed by atoms with Gasteiger partial charge >= 0.3 is 6.18 Å². The Labute approximate surface area is 83.0 Å². The van der Waals surface area contributed by atoms with Gasteiger partial charge in [-0.15, -0.1) is 0 Å². The third kappa shape index (κ3) is 2.34. The first-order valence-corrected chi connectivity index (χ1v) is 3.95. The van der Waals surface area contributed by atoms with Crippen LogP contribution >= 0.6 is 0 Å². The van der Waals surface area contributed by atoms with Gasteiger partial charge in [-0.2, -0.15) is 13.2 Å². The van der Waals surface area contributed by atoms with E-state index in [4.69, 9.17) is 0 Å². The maximum absolute atomic E-state index is 13.0. The summed E-state index contributed by atoms with van der Waals surface area (Å²) in [6.45, 7) is 4.65. The van der Waals surface area contributed by atoms with Gasteiger partial charge in [0.05, 0.1) is 5.56 Å². The summed E-state index contributed by atoms with van der Waals surface area (Å²) in [5.41, 5.74) is -1.70. The highest BCUT2D eigenvalue weighted by Gasteiger charge is 2.35. The van der Waals surface area contributed by atoms with Crippen molar-refractivity contribution < 1.29 is 22.0 Å². The minimum Gasteiger partial charge on any atom is -0.206 e. The number of alkyl halides is 3. The summed E-state index contributed by atoms with van der Waals surface area (Å²) in [6.07, 6.45) is -4.83. The van der Waals surface area contributed by atoms with Crippen LogP contribution in [0.25, 0.3) is 5.57 Å². The van der Waals surface area contributed by atoms with E-state index in [-0.39, 0.29) is 17.2 Å². The van der Waals surface area contributed by atoms with Gasteiger partial charge in [0.25, 0.3) is 0 Å². The fourth-order valence-electron chi connectivity index (χ4n) is 1.09. The summed E-state index contributed by atoms with van der Waals surface area (Å²) in [6, 6.07) is 0.639. The van der Waals surface area contributed by atoms with Crippen LogP contribution in [0, 0.1) is 11.6 Å². The summed E-state index contributed by atoms with van der Waals surface area (Å²) in [4.78, 5) is 0. The summed E-state index contributed by atoms with van der Waals surface area (Å²) >= 11 is 0. The fraction of sp³-hybridized carbons (Fsp3) is 0.200. The third-order valence-electron chi connectivity index (χ3n) is 1.82. The molecule has 0 spiro atoms. The lowest BCUT2D eigenvalue weighted by molar-refractivity contribution is -0.140. The number of benzene rings is 1. The number of hydrogen-bond donors (Lipinski definition) is 0. The van der Waals surface area contributed by atoms with Crippen molar-refractivity contribution in [1.29, 1.82) is 0 Å². The Morgan fingerprint density at radius 1 is 1.13 bits per heavy atom. The van der Waals surface area contributed by atoms with Crippen molar-refractivity contribution in [3.63, 3.8) is 0 Å². The molecule has 82 valence electrons. The van der Waals surface area contributed by atoms with Crippen molar-refractivity contribution in [1.82, 2.24) is 0 Å². The van der Waals surface area contributed by atoms with Crippen LogP contribution < -0.4 is 0 Å². The first kappa shape index (κ1) is 11.7. The van der Waals surface area contributed by atoms with Crippen LogP contribution in [0.15, 0.2) is 18.7 Å². The summed E-state index contributed by atoms with van der Waals surface area (Å²) in [5.74, 6) is -2.67. The van der Waals surface area contributed by atoms with Crippen molar-refractivity contribution >= 4 is 5.57 Å². The smallest absolute Gasteiger partial charge is 0.206 e. The summed E-state index contributed by atoms with van der Waals surface area (Å²) in [5, 5.41) is 0. The van der Waals surface area contributed by atoms with Crippen molar-refractivity contribution in [3.8, 4) is 0 Å². The van der Waals surface area contributed by atoms with Crippen molar-refractivity contribution in [2.24, 2.45) is 0 Å². The standard InChI is InChI=1S/C10H7F5/c1-5(2)6-3-7(10(13,14)15)9(12)4-8(6)11/h3-4H,1H2,2H3. The number of rotatable bonds is 1. The average molecular weight is 222 g/mol. The maximum Gasteiger partial charge on any atom is 0.419 e. The number of allylic oxidation sites excluding steroid dienone is 1. The van der Waals surface area contributed by atoms with Crippen molar-refractivity contribution in [2.75, 3.05) is 0 Å². The van der Waals surface area contributed by atoms with Crippen molar-refractivity contribution in [2.45, 2.75) is 13.1 Å². The third-order valence-corrected chi connectivity index (χ3v) is 1.82. The van der Waals surface area contributed by atoms with Crippen LogP contribution in [0.3, 0.4) is 0 Å². The number of hydrogen-bond acceptors (Lipinski definition) is 0. The maximum atomic E-state index is 13.0. The van der Waals surface area contributed by atoms with E-state index in [1.807, 2.05) is 0 Å². The Hall–Kier alpha value is -1.39. The Morgan fingerprint density at radius 3 is 2.07 bits per heavy atom. The Kier molecular flexibility index (Phi) is 2.83. The quantitative estimate of drug-likeness (QED) is 0.629. The topological polar surface area (TPSA) is 0 Å². The zero-order chi connectivity index (χ0) is 11.8. The van der Waals surface area contributed by atoms with E-state index in [1.54, 1.807) is 0 Å². The Balaban J connectivity index is 3.43. The molecule has 0 unspecified atom stereocenters. The molecular formula is C10H7F5. The molecule has 0 aliphatic carbocycles. The Bertz CT molecular complexity index is 403. The molecule has 1 aromatic carbocycles. The molecule has 0 saturated heterocycles. The minimum absolute atomic E-state index is 0.109. The highest BCUT2D eigenvalue weighted by atomic mass is 19.4. The molecule has 0 radical (unpaired) electrons. The molecule has 0 aromatic heterocycles. The molecule has 0 N–H and O–H groups in total. The zero-order valence-corrected chi connectivity index (χ0v) is 7.75. The molecule has 0 aliphatic heterocycles. The SMILES string of the molecule is C=C(C)c1cc(C(F)(F)F)c(F)cc1F. The first-order valence-electron chi connectivity index (χ1n) is 3.95. The zero-order valence-electron chi connectivity index (χ0n) is 7.75. The van der Waals surface area contributed by atoms with Crippen LogP contribution in [0.5, 0.6) is 0 Å². The minimum atomic E-state index is -4.83. The monoisotopic (exact) mass is 222 g/mol. The van der Waals surface area contributed by atoms with Crippen LogP contribution in [0.1, 0.15) is 18.1 Å². The highest BCUT2D eigenvalue weighted by Crippen LogP contribution is 2.33. The van der Waals surface area contributed by atoms with Crippen molar-refractivity contribution in [3.05, 3.63) is 41.5 Å². The van der Waals surface area contributed by atoms with Gasteiger partial charge in [-0.3, -0.25) is 0 Å². The van der Waals surface area contributed by atoms with Gasteiger partial charge in [-0.1, -0.05) is 6.58 Å². The highest BCUT2D eigenvalue weighted by molar-refractivity contribution is 5.62. The van der Waals surface area contributed by atoms with Gasteiger partial charge < -0.3 is 0 Å². The molecule has 1 rings (SSSR count). The second kappa shape index (κ2) is 3.64.